The number of rotatable bonds is 4. The Morgan fingerprint density at radius 3 is 2.67 bits per heavy atom. The molecule has 4 nitrogen and oxygen atoms in total. The summed E-state index contributed by atoms with van der Waals surface area (Å²) in [4.78, 5) is 24.0. The van der Waals surface area contributed by atoms with Gasteiger partial charge in [-0.25, -0.2) is 13.6 Å². The van der Waals surface area contributed by atoms with Crippen LogP contribution in [0.5, 0.6) is 5.75 Å². The summed E-state index contributed by atoms with van der Waals surface area (Å²) >= 11 is 1.23. The molecule has 0 aliphatic heterocycles. The Labute approximate surface area is 123 Å². The molecule has 1 heterocycles. The number of benzene rings is 1. The van der Waals surface area contributed by atoms with Crippen molar-refractivity contribution >= 4 is 23.2 Å². The van der Waals surface area contributed by atoms with Crippen molar-refractivity contribution in [1.82, 2.24) is 5.32 Å². The first-order chi connectivity index (χ1) is 9.97. The SMILES string of the molecule is C[C@@H](NC(=O)c1cccs1)C(=O)Oc1ccc(F)cc1F. The Morgan fingerprint density at radius 1 is 1.29 bits per heavy atom. The van der Waals surface area contributed by atoms with E-state index in [9.17, 15) is 18.4 Å². The van der Waals surface area contributed by atoms with Crippen molar-refractivity contribution in [1.29, 1.82) is 0 Å². The first kappa shape index (κ1) is 15.1. The van der Waals surface area contributed by atoms with E-state index in [1.165, 1.54) is 18.3 Å². The highest BCUT2D eigenvalue weighted by Crippen LogP contribution is 2.18. The molecule has 2 rings (SSSR count). The smallest absolute Gasteiger partial charge is 0.333 e. The second kappa shape index (κ2) is 6.45. The van der Waals surface area contributed by atoms with Crippen LogP contribution in [-0.4, -0.2) is 17.9 Å². The predicted octanol–water partition coefficient (Wildman–Crippen LogP) is 2.75. The molecule has 1 aromatic carbocycles. The van der Waals surface area contributed by atoms with Crippen LogP contribution in [0.4, 0.5) is 8.78 Å². The summed E-state index contributed by atoms with van der Waals surface area (Å²) in [5.74, 6) is -3.41. The second-order valence-corrected chi connectivity index (χ2v) is 5.12. The van der Waals surface area contributed by atoms with Gasteiger partial charge in [-0.1, -0.05) is 6.07 Å². The number of carbonyl (C=O) groups excluding carboxylic acids is 2. The molecule has 0 saturated carbocycles. The van der Waals surface area contributed by atoms with Crippen molar-refractivity contribution in [3.05, 3.63) is 52.2 Å². The summed E-state index contributed by atoms with van der Waals surface area (Å²) in [6, 6.07) is 4.94. The van der Waals surface area contributed by atoms with Gasteiger partial charge >= 0.3 is 5.97 Å². The molecular formula is C14H11F2NO3S. The van der Waals surface area contributed by atoms with Crippen molar-refractivity contribution < 1.29 is 23.1 Å². The van der Waals surface area contributed by atoms with Crippen molar-refractivity contribution in [2.75, 3.05) is 0 Å². The van der Waals surface area contributed by atoms with E-state index in [4.69, 9.17) is 4.74 Å². The normalized spacial score (nSPS) is 11.8. The van der Waals surface area contributed by atoms with Gasteiger partial charge in [0, 0.05) is 6.07 Å². The molecule has 1 amide bonds. The number of ether oxygens (including phenoxy) is 1. The molecule has 2 aromatic rings. The number of thiophene rings is 1. The lowest BCUT2D eigenvalue weighted by molar-refractivity contribution is -0.136. The molecule has 0 saturated heterocycles. The van der Waals surface area contributed by atoms with E-state index in [1.807, 2.05) is 0 Å². The highest BCUT2D eigenvalue weighted by molar-refractivity contribution is 7.12. The number of halogens is 2. The van der Waals surface area contributed by atoms with Crippen LogP contribution in [0.25, 0.3) is 0 Å². The molecule has 21 heavy (non-hydrogen) atoms. The Balaban J connectivity index is 1.98. The lowest BCUT2D eigenvalue weighted by Gasteiger charge is -2.13. The summed E-state index contributed by atoms with van der Waals surface area (Å²) in [7, 11) is 0. The fourth-order valence-corrected chi connectivity index (χ4v) is 2.12. The predicted molar refractivity (Wildman–Crippen MR) is 73.2 cm³/mol. The monoisotopic (exact) mass is 311 g/mol. The zero-order valence-electron chi connectivity index (χ0n) is 10.9. The topological polar surface area (TPSA) is 55.4 Å². The summed E-state index contributed by atoms with van der Waals surface area (Å²) in [5.41, 5.74) is 0. The van der Waals surface area contributed by atoms with Gasteiger partial charge in [0.1, 0.15) is 11.9 Å². The summed E-state index contributed by atoms with van der Waals surface area (Å²) in [6.07, 6.45) is 0. The van der Waals surface area contributed by atoms with Gasteiger partial charge in [-0.05, 0) is 30.5 Å². The molecule has 0 aliphatic rings. The fraction of sp³-hybridized carbons (Fsp3) is 0.143. The van der Waals surface area contributed by atoms with Crippen molar-refractivity contribution in [3.8, 4) is 5.75 Å². The average molecular weight is 311 g/mol. The third-order valence-corrected chi connectivity index (χ3v) is 3.42. The Kier molecular flexibility index (Phi) is 4.64. The van der Waals surface area contributed by atoms with Gasteiger partial charge in [0.2, 0.25) is 0 Å². The average Bonchev–Trinajstić information content (AvgIpc) is 2.95. The summed E-state index contributed by atoms with van der Waals surface area (Å²) in [6.45, 7) is 1.41. The van der Waals surface area contributed by atoms with Crippen LogP contribution in [0.1, 0.15) is 16.6 Å². The van der Waals surface area contributed by atoms with Crippen LogP contribution < -0.4 is 10.1 Å². The lowest BCUT2D eigenvalue weighted by Crippen LogP contribution is -2.40. The number of amides is 1. The summed E-state index contributed by atoms with van der Waals surface area (Å²) < 4.78 is 30.9. The standard InChI is InChI=1S/C14H11F2NO3S/c1-8(17-13(18)12-3-2-6-21-12)14(19)20-11-5-4-9(15)7-10(11)16/h2-8H,1H3,(H,17,18)/t8-/m1/s1. The first-order valence-corrected chi connectivity index (χ1v) is 6.86. The van der Waals surface area contributed by atoms with E-state index < -0.39 is 35.3 Å². The molecule has 0 unspecified atom stereocenters. The van der Waals surface area contributed by atoms with Gasteiger partial charge in [-0.15, -0.1) is 11.3 Å². The maximum absolute atomic E-state index is 13.4. The van der Waals surface area contributed by atoms with Crippen LogP contribution in [0.3, 0.4) is 0 Å². The minimum atomic E-state index is -0.986. The third kappa shape index (κ3) is 3.85. The molecule has 1 aromatic heterocycles. The molecule has 0 spiro atoms. The quantitative estimate of drug-likeness (QED) is 0.698. The molecule has 0 fully saturated rings. The fourth-order valence-electron chi connectivity index (χ4n) is 1.49. The second-order valence-electron chi connectivity index (χ2n) is 4.17. The zero-order chi connectivity index (χ0) is 15.4. The Bertz CT molecular complexity index is 658. The molecule has 1 N–H and O–H groups in total. The van der Waals surface area contributed by atoms with E-state index in [1.54, 1.807) is 17.5 Å². The molecule has 110 valence electrons. The number of hydrogen-bond donors (Lipinski definition) is 1. The van der Waals surface area contributed by atoms with Crippen LogP contribution >= 0.6 is 11.3 Å². The maximum atomic E-state index is 13.4. The first-order valence-electron chi connectivity index (χ1n) is 5.98. The molecule has 0 bridgehead atoms. The van der Waals surface area contributed by atoms with Crippen LogP contribution in [0, 0.1) is 11.6 Å². The van der Waals surface area contributed by atoms with E-state index in [0.717, 1.165) is 12.1 Å². The maximum Gasteiger partial charge on any atom is 0.333 e. The summed E-state index contributed by atoms with van der Waals surface area (Å²) in [5, 5.41) is 4.16. The highest BCUT2D eigenvalue weighted by Gasteiger charge is 2.20. The van der Waals surface area contributed by atoms with E-state index in [0.29, 0.717) is 10.9 Å². The molecular weight excluding hydrogens is 300 g/mol. The number of esters is 1. The van der Waals surface area contributed by atoms with Gasteiger partial charge in [-0.2, -0.15) is 0 Å². The lowest BCUT2D eigenvalue weighted by atomic mass is 10.3. The van der Waals surface area contributed by atoms with Crippen LogP contribution in [0.2, 0.25) is 0 Å². The van der Waals surface area contributed by atoms with Gasteiger partial charge in [0.25, 0.3) is 5.91 Å². The third-order valence-electron chi connectivity index (χ3n) is 2.55. The van der Waals surface area contributed by atoms with E-state index >= 15 is 0 Å². The highest BCUT2D eigenvalue weighted by atomic mass is 32.1. The molecule has 7 heteroatoms. The van der Waals surface area contributed by atoms with Gasteiger partial charge in [0.15, 0.2) is 11.6 Å². The van der Waals surface area contributed by atoms with E-state index in [2.05, 4.69) is 5.32 Å². The van der Waals surface area contributed by atoms with Gasteiger partial charge < -0.3 is 10.1 Å². The number of hydrogen-bond acceptors (Lipinski definition) is 4. The molecule has 0 radical (unpaired) electrons. The largest absolute Gasteiger partial charge is 0.422 e. The van der Waals surface area contributed by atoms with Gasteiger partial charge in [-0.3, -0.25) is 4.79 Å². The van der Waals surface area contributed by atoms with Crippen molar-refractivity contribution in [3.63, 3.8) is 0 Å². The molecule has 0 aliphatic carbocycles. The van der Waals surface area contributed by atoms with Crippen molar-refractivity contribution in [2.45, 2.75) is 13.0 Å². The minimum absolute atomic E-state index is 0.390. The van der Waals surface area contributed by atoms with Gasteiger partial charge in [0.05, 0.1) is 4.88 Å². The number of nitrogens with one attached hydrogen (secondary N) is 1. The Hall–Kier alpha value is -2.28. The van der Waals surface area contributed by atoms with E-state index in [-0.39, 0.29) is 0 Å². The minimum Gasteiger partial charge on any atom is -0.422 e. The zero-order valence-corrected chi connectivity index (χ0v) is 11.7. The van der Waals surface area contributed by atoms with Crippen LogP contribution in [0.15, 0.2) is 35.7 Å². The molecule has 1 atom stereocenters. The Morgan fingerprint density at radius 2 is 2.05 bits per heavy atom. The van der Waals surface area contributed by atoms with Crippen LogP contribution in [-0.2, 0) is 4.79 Å². The number of carbonyl (C=O) groups is 2. The van der Waals surface area contributed by atoms with Crippen molar-refractivity contribution in [2.24, 2.45) is 0 Å².